The SMILES string of the molecule is Cc1cc(C(C)(C)C)c2c(c1C)c1c3c(cc[n+]1C)cc(CC(C)(C)C#N)c1c4ccccc4n2c13. The molecule has 0 amide bonds. The predicted octanol–water partition coefficient (Wildman–Crippen LogP) is 7.82. The smallest absolute Gasteiger partial charge is 0.224 e. The largest absolute Gasteiger partial charge is 0.307 e. The molecule has 0 unspecified atom stereocenters. The molecule has 3 heteroatoms. The molecule has 3 aromatic heterocycles. The van der Waals surface area contributed by atoms with E-state index in [2.05, 4.69) is 105 Å². The summed E-state index contributed by atoms with van der Waals surface area (Å²) in [6, 6.07) is 18.3. The zero-order chi connectivity index (χ0) is 25.7. The molecule has 0 aliphatic heterocycles. The van der Waals surface area contributed by atoms with Crippen LogP contribution in [0.25, 0.3) is 49.0 Å². The van der Waals surface area contributed by atoms with Gasteiger partial charge in [-0.3, -0.25) is 0 Å². The van der Waals surface area contributed by atoms with E-state index in [0.717, 1.165) is 0 Å². The highest BCUT2D eigenvalue weighted by molar-refractivity contribution is 6.28. The second kappa shape index (κ2) is 7.20. The Balaban J connectivity index is 2.04. The fourth-order valence-corrected chi connectivity index (χ4v) is 6.28. The third-order valence-electron chi connectivity index (χ3n) is 8.14. The summed E-state index contributed by atoms with van der Waals surface area (Å²) in [4.78, 5) is 0. The molecule has 0 aliphatic carbocycles. The standard InChI is InChI=1S/C33H34N3/c1-19-15-24(32(3,4)5)29-26(20(19)2)30-28-21(13-14-35(30)8)16-22(17-33(6,7)18-34)27-23-11-9-10-12-25(23)36(29)31(27)28/h9-16H,17H2,1-8H3/q+1. The minimum atomic E-state index is -0.446. The first kappa shape index (κ1) is 22.8. The lowest BCUT2D eigenvalue weighted by Gasteiger charge is -2.25. The van der Waals surface area contributed by atoms with Crippen LogP contribution < -0.4 is 4.57 Å². The summed E-state index contributed by atoms with van der Waals surface area (Å²) >= 11 is 0. The lowest BCUT2D eigenvalue weighted by atomic mass is 9.82. The monoisotopic (exact) mass is 472 g/mol. The van der Waals surface area contributed by atoms with Crippen molar-refractivity contribution in [2.24, 2.45) is 12.5 Å². The van der Waals surface area contributed by atoms with Gasteiger partial charge in [-0.15, -0.1) is 0 Å². The molecule has 0 saturated carbocycles. The van der Waals surface area contributed by atoms with Gasteiger partial charge in [-0.25, -0.2) is 4.57 Å². The summed E-state index contributed by atoms with van der Waals surface area (Å²) in [5.41, 5.74) is 9.95. The van der Waals surface area contributed by atoms with Crippen LogP contribution in [0.4, 0.5) is 0 Å². The molecule has 0 saturated heterocycles. The van der Waals surface area contributed by atoms with Gasteiger partial charge < -0.3 is 4.40 Å². The number of hydrogen-bond acceptors (Lipinski definition) is 1. The highest BCUT2D eigenvalue weighted by Crippen LogP contribution is 2.46. The molecular weight excluding hydrogens is 438 g/mol. The Kier molecular flexibility index (Phi) is 4.56. The molecule has 0 N–H and O–H groups in total. The Bertz CT molecular complexity index is 1900. The van der Waals surface area contributed by atoms with Crippen molar-refractivity contribution in [3.05, 3.63) is 70.9 Å². The van der Waals surface area contributed by atoms with E-state index >= 15 is 0 Å². The zero-order valence-corrected chi connectivity index (χ0v) is 22.7. The summed E-state index contributed by atoms with van der Waals surface area (Å²) in [5.74, 6) is 0. The van der Waals surface area contributed by atoms with Crippen LogP contribution in [-0.4, -0.2) is 4.40 Å². The highest BCUT2D eigenvalue weighted by Gasteiger charge is 2.31. The summed E-state index contributed by atoms with van der Waals surface area (Å²) in [6.07, 6.45) is 2.91. The Morgan fingerprint density at radius 1 is 0.917 bits per heavy atom. The van der Waals surface area contributed by atoms with Crippen LogP contribution in [0.2, 0.25) is 0 Å². The molecule has 3 heterocycles. The topological polar surface area (TPSA) is 32.1 Å². The average molecular weight is 473 g/mol. The number of nitriles is 1. The predicted molar refractivity (Wildman–Crippen MR) is 151 cm³/mol. The van der Waals surface area contributed by atoms with Gasteiger partial charge >= 0.3 is 0 Å². The summed E-state index contributed by atoms with van der Waals surface area (Å²) in [7, 11) is 2.17. The van der Waals surface area contributed by atoms with Crippen molar-refractivity contribution in [3.8, 4) is 6.07 Å². The third kappa shape index (κ3) is 2.94. The van der Waals surface area contributed by atoms with Crippen molar-refractivity contribution in [2.45, 2.75) is 60.3 Å². The Morgan fingerprint density at radius 2 is 1.64 bits per heavy atom. The van der Waals surface area contributed by atoms with E-state index in [-0.39, 0.29) is 5.41 Å². The first-order chi connectivity index (χ1) is 16.9. The fraction of sp³-hybridized carbons (Fsp3) is 0.333. The van der Waals surface area contributed by atoms with Gasteiger partial charge in [0, 0.05) is 16.8 Å². The Morgan fingerprint density at radius 3 is 2.33 bits per heavy atom. The van der Waals surface area contributed by atoms with Gasteiger partial charge in [-0.1, -0.05) is 45.0 Å². The maximum absolute atomic E-state index is 9.90. The number of rotatable bonds is 2. The molecule has 3 nitrogen and oxygen atoms in total. The molecule has 0 radical (unpaired) electrons. The number of pyridine rings is 2. The number of fused-ring (bicyclic) bond motifs is 6. The number of benzene rings is 3. The quantitative estimate of drug-likeness (QED) is 0.144. The first-order valence-electron chi connectivity index (χ1n) is 12.9. The molecule has 36 heavy (non-hydrogen) atoms. The second-order valence-corrected chi connectivity index (χ2v) is 12.4. The lowest BCUT2D eigenvalue weighted by Crippen LogP contribution is -2.29. The van der Waals surface area contributed by atoms with E-state index in [0.29, 0.717) is 6.42 Å². The minimum Gasteiger partial charge on any atom is -0.307 e. The van der Waals surface area contributed by atoms with Crippen molar-refractivity contribution in [1.29, 1.82) is 5.26 Å². The molecule has 0 aliphatic rings. The van der Waals surface area contributed by atoms with Crippen molar-refractivity contribution in [3.63, 3.8) is 0 Å². The van der Waals surface area contributed by atoms with E-state index in [1.807, 2.05) is 13.8 Å². The van der Waals surface area contributed by atoms with Gasteiger partial charge in [0.15, 0.2) is 6.20 Å². The summed E-state index contributed by atoms with van der Waals surface area (Å²) in [6.45, 7) is 15.6. The van der Waals surface area contributed by atoms with Crippen LogP contribution >= 0.6 is 0 Å². The number of para-hydroxylation sites is 1. The van der Waals surface area contributed by atoms with Crippen molar-refractivity contribution in [1.82, 2.24) is 4.40 Å². The van der Waals surface area contributed by atoms with Gasteiger partial charge in [0.05, 0.1) is 38.8 Å². The van der Waals surface area contributed by atoms with E-state index < -0.39 is 5.41 Å². The Hall–Kier alpha value is -3.64. The highest BCUT2D eigenvalue weighted by atomic mass is 15.0. The van der Waals surface area contributed by atoms with Crippen LogP contribution in [0.15, 0.2) is 48.7 Å². The average Bonchev–Trinajstić information content (AvgIpc) is 3.17. The van der Waals surface area contributed by atoms with Gasteiger partial charge in [0.2, 0.25) is 5.52 Å². The minimum absolute atomic E-state index is 0.0232. The van der Waals surface area contributed by atoms with Crippen molar-refractivity contribution < 1.29 is 4.57 Å². The van der Waals surface area contributed by atoms with Crippen molar-refractivity contribution in [2.75, 3.05) is 0 Å². The molecule has 0 fully saturated rings. The van der Waals surface area contributed by atoms with Gasteiger partial charge in [0.25, 0.3) is 0 Å². The Labute approximate surface area is 212 Å². The molecule has 3 aromatic carbocycles. The van der Waals surface area contributed by atoms with Crippen LogP contribution in [0, 0.1) is 30.6 Å². The number of aryl methyl sites for hydroxylation is 3. The molecule has 0 spiro atoms. The van der Waals surface area contributed by atoms with Crippen molar-refractivity contribution >= 4 is 49.0 Å². The van der Waals surface area contributed by atoms with E-state index in [1.54, 1.807) is 0 Å². The van der Waals surface area contributed by atoms with E-state index in [4.69, 9.17) is 0 Å². The maximum Gasteiger partial charge on any atom is 0.224 e. The normalized spacial score (nSPS) is 13.1. The first-order valence-corrected chi connectivity index (χ1v) is 12.9. The van der Waals surface area contributed by atoms with Crippen LogP contribution in [0.5, 0.6) is 0 Å². The number of aromatic nitrogens is 2. The zero-order valence-electron chi connectivity index (χ0n) is 22.7. The molecule has 0 atom stereocenters. The fourth-order valence-electron chi connectivity index (χ4n) is 6.28. The molecular formula is C33H34N3+. The number of hydrogen-bond donors (Lipinski definition) is 0. The van der Waals surface area contributed by atoms with Gasteiger partial charge in [-0.2, -0.15) is 5.26 Å². The third-order valence-corrected chi connectivity index (χ3v) is 8.14. The second-order valence-electron chi connectivity index (χ2n) is 12.4. The maximum atomic E-state index is 9.90. The molecule has 6 aromatic rings. The summed E-state index contributed by atoms with van der Waals surface area (Å²) in [5, 5.41) is 16.4. The van der Waals surface area contributed by atoms with E-state index in [9.17, 15) is 5.26 Å². The summed E-state index contributed by atoms with van der Waals surface area (Å²) < 4.78 is 4.85. The van der Waals surface area contributed by atoms with Crippen LogP contribution in [-0.2, 0) is 18.9 Å². The number of nitrogens with zero attached hydrogens (tertiary/aromatic N) is 3. The van der Waals surface area contributed by atoms with Gasteiger partial charge in [-0.05, 0) is 79.3 Å². The van der Waals surface area contributed by atoms with Crippen LogP contribution in [0.3, 0.4) is 0 Å². The molecule has 0 bridgehead atoms. The molecule has 180 valence electrons. The van der Waals surface area contributed by atoms with Crippen LogP contribution in [0.1, 0.15) is 56.9 Å². The van der Waals surface area contributed by atoms with Gasteiger partial charge in [0.1, 0.15) is 7.05 Å². The molecule has 6 rings (SSSR count). The lowest BCUT2D eigenvalue weighted by molar-refractivity contribution is -0.643. The van der Waals surface area contributed by atoms with E-state index in [1.165, 1.54) is 71.3 Å².